The second-order valence-electron chi connectivity index (χ2n) is 9.35. The Morgan fingerprint density at radius 3 is 2.26 bits per heavy atom. The van der Waals surface area contributed by atoms with Gasteiger partial charge in [0.2, 0.25) is 5.91 Å². The maximum absolute atomic E-state index is 11.4. The largest absolute Gasteiger partial charge is 0.494 e. The van der Waals surface area contributed by atoms with Gasteiger partial charge in [-0.05, 0) is 51.8 Å². The van der Waals surface area contributed by atoms with Crippen molar-refractivity contribution in [2.75, 3.05) is 42.9 Å². The maximum Gasteiger partial charge on any atom is 0.221 e. The van der Waals surface area contributed by atoms with Crippen molar-refractivity contribution in [3.8, 4) is 17.5 Å². The van der Waals surface area contributed by atoms with Crippen LogP contribution >= 0.6 is 0 Å². The molecule has 1 aromatic carbocycles. The molecule has 1 fully saturated rings. The van der Waals surface area contributed by atoms with Gasteiger partial charge in [0.25, 0.3) is 0 Å². The second kappa shape index (κ2) is 10.4. The third-order valence-corrected chi connectivity index (χ3v) is 6.44. The molecular formula is C26H36N4O4. The van der Waals surface area contributed by atoms with Crippen LogP contribution in [0.2, 0.25) is 0 Å². The highest BCUT2D eigenvalue weighted by Gasteiger charge is 2.23. The summed E-state index contributed by atoms with van der Waals surface area (Å²) in [5.41, 5.74) is 3.50. The molecule has 2 aromatic rings. The SMILES string of the molecule is CC(=O)Nc1ccc(N2CCN(CCCn3c(O)c4c(c3O)CC=CC4)CC2)c(OC(C)C)c1. The Labute approximate surface area is 201 Å². The zero-order chi connectivity index (χ0) is 24.2. The summed E-state index contributed by atoms with van der Waals surface area (Å²) in [6.07, 6.45) is 6.33. The second-order valence-corrected chi connectivity index (χ2v) is 9.35. The number of nitrogens with one attached hydrogen (secondary N) is 1. The number of benzene rings is 1. The summed E-state index contributed by atoms with van der Waals surface area (Å²) in [7, 11) is 0. The van der Waals surface area contributed by atoms with Crippen molar-refractivity contribution < 1.29 is 19.7 Å². The van der Waals surface area contributed by atoms with Gasteiger partial charge < -0.3 is 25.2 Å². The van der Waals surface area contributed by atoms with Crippen LogP contribution in [0.1, 0.15) is 38.3 Å². The van der Waals surface area contributed by atoms with Crippen molar-refractivity contribution in [2.24, 2.45) is 0 Å². The smallest absolute Gasteiger partial charge is 0.221 e. The first-order valence-electron chi connectivity index (χ1n) is 12.2. The van der Waals surface area contributed by atoms with E-state index in [9.17, 15) is 15.0 Å². The van der Waals surface area contributed by atoms with E-state index in [4.69, 9.17) is 4.74 Å². The zero-order valence-corrected chi connectivity index (χ0v) is 20.4. The molecule has 0 bridgehead atoms. The molecular weight excluding hydrogens is 432 g/mol. The molecule has 8 heteroatoms. The third kappa shape index (κ3) is 5.33. The van der Waals surface area contributed by atoms with Crippen LogP contribution in [0.5, 0.6) is 17.5 Å². The first-order valence-corrected chi connectivity index (χ1v) is 12.2. The van der Waals surface area contributed by atoms with Crippen molar-refractivity contribution in [1.82, 2.24) is 9.47 Å². The summed E-state index contributed by atoms with van der Waals surface area (Å²) in [4.78, 5) is 16.2. The zero-order valence-electron chi connectivity index (χ0n) is 20.4. The molecule has 8 nitrogen and oxygen atoms in total. The lowest BCUT2D eigenvalue weighted by atomic mass is 10.0. The Morgan fingerprint density at radius 1 is 1.03 bits per heavy atom. The molecule has 4 rings (SSSR count). The molecule has 3 N–H and O–H groups in total. The quantitative estimate of drug-likeness (QED) is 0.514. The van der Waals surface area contributed by atoms with E-state index >= 15 is 0 Å². The summed E-state index contributed by atoms with van der Waals surface area (Å²) in [6, 6.07) is 5.84. The number of hydrogen-bond donors (Lipinski definition) is 3. The van der Waals surface area contributed by atoms with E-state index < -0.39 is 0 Å². The average molecular weight is 469 g/mol. The minimum Gasteiger partial charge on any atom is -0.494 e. The van der Waals surface area contributed by atoms with E-state index in [1.54, 1.807) is 4.57 Å². The van der Waals surface area contributed by atoms with Crippen molar-refractivity contribution in [3.63, 3.8) is 0 Å². The first-order chi connectivity index (χ1) is 16.3. The van der Waals surface area contributed by atoms with Crippen LogP contribution in [0.15, 0.2) is 30.4 Å². The predicted molar refractivity (Wildman–Crippen MR) is 134 cm³/mol. The molecule has 2 heterocycles. The molecule has 184 valence electrons. The molecule has 1 aliphatic carbocycles. The van der Waals surface area contributed by atoms with Crippen LogP contribution in [0.25, 0.3) is 0 Å². The number of hydrogen-bond acceptors (Lipinski definition) is 6. The molecule has 1 saturated heterocycles. The van der Waals surface area contributed by atoms with E-state index in [0.29, 0.717) is 19.4 Å². The van der Waals surface area contributed by atoms with Gasteiger partial charge in [0.15, 0.2) is 11.8 Å². The fourth-order valence-electron chi connectivity index (χ4n) is 4.81. The number of fused-ring (bicyclic) bond motifs is 1. The number of piperazine rings is 1. The Morgan fingerprint density at radius 2 is 1.68 bits per heavy atom. The molecule has 0 radical (unpaired) electrons. The van der Waals surface area contributed by atoms with Crippen molar-refractivity contribution in [3.05, 3.63) is 41.5 Å². The van der Waals surface area contributed by atoms with Gasteiger partial charge in [-0.2, -0.15) is 0 Å². The Kier molecular flexibility index (Phi) is 7.36. The normalized spacial score (nSPS) is 16.1. The summed E-state index contributed by atoms with van der Waals surface area (Å²) < 4.78 is 7.71. The highest BCUT2D eigenvalue weighted by atomic mass is 16.5. The maximum atomic E-state index is 11.4. The number of allylic oxidation sites excluding steroid dienone is 2. The summed E-state index contributed by atoms with van der Waals surface area (Å²) in [6.45, 7) is 10.6. The van der Waals surface area contributed by atoms with Crippen molar-refractivity contribution in [2.45, 2.75) is 52.7 Å². The first kappa shape index (κ1) is 24.0. The molecule has 0 atom stereocenters. The van der Waals surface area contributed by atoms with Gasteiger partial charge in [0.1, 0.15) is 5.75 Å². The number of carbonyl (C=O) groups excluding carboxylic acids is 1. The summed E-state index contributed by atoms with van der Waals surface area (Å²) in [5, 5.41) is 23.9. The van der Waals surface area contributed by atoms with Crippen molar-refractivity contribution >= 4 is 17.3 Å². The highest BCUT2D eigenvalue weighted by molar-refractivity contribution is 5.89. The van der Waals surface area contributed by atoms with Crippen LogP contribution in [-0.2, 0) is 24.2 Å². The van der Waals surface area contributed by atoms with Gasteiger partial charge in [-0.3, -0.25) is 14.3 Å². The fourth-order valence-corrected chi connectivity index (χ4v) is 4.81. The Hall–Kier alpha value is -3.13. The standard InChI is InChI=1S/C26H36N4O4/c1-18(2)34-24-17-20(27-19(3)31)9-10-23(24)29-15-13-28(14-16-29)11-6-12-30-25(32)21-7-4-5-8-22(21)26(30)33/h4-5,9-10,17-18,32-33H,6-8,11-16H2,1-3H3,(H,27,31). The summed E-state index contributed by atoms with van der Waals surface area (Å²) in [5.74, 6) is 1.10. The van der Waals surface area contributed by atoms with E-state index in [-0.39, 0.29) is 23.8 Å². The van der Waals surface area contributed by atoms with E-state index in [0.717, 1.165) is 67.4 Å². The lowest BCUT2D eigenvalue weighted by Crippen LogP contribution is -2.46. The molecule has 1 aliphatic heterocycles. The molecule has 1 amide bonds. The topological polar surface area (TPSA) is 90.2 Å². The minimum atomic E-state index is -0.102. The van der Waals surface area contributed by atoms with Crippen LogP contribution in [0.3, 0.4) is 0 Å². The number of nitrogens with zero attached hydrogens (tertiary/aromatic N) is 3. The predicted octanol–water partition coefficient (Wildman–Crippen LogP) is 3.51. The number of amides is 1. The van der Waals surface area contributed by atoms with Crippen LogP contribution in [0.4, 0.5) is 11.4 Å². The molecule has 2 aliphatic rings. The molecule has 34 heavy (non-hydrogen) atoms. The van der Waals surface area contributed by atoms with Gasteiger partial charge in [-0.1, -0.05) is 12.2 Å². The lowest BCUT2D eigenvalue weighted by molar-refractivity contribution is -0.114. The van der Waals surface area contributed by atoms with Gasteiger partial charge >= 0.3 is 0 Å². The van der Waals surface area contributed by atoms with Gasteiger partial charge in [0.05, 0.1) is 11.8 Å². The van der Waals surface area contributed by atoms with Gasteiger partial charge in [0, 0.05) is 62.5 Å². The summed E-state index contributed by atoms with van der Waals surface area (Å²) >= 11 is 0. The van der Waals surface area contributed by atoms with Gasteiger partial charge in [-0.25, -0.2) is 0 Å². The Balaban J connectivity index is 1.32. The minimum absolute atomic E-state index is 0.0376. The number of ether oxygens (including phenoxy) is 1. The van der Waals surface area contributed by atoms with Crippen LogP contribution in [0, 0.1) is 0 Å². The number of carbonyl (C=O) groups is 1. The molecule has 0 spiro atoms. The van der Waals surface area contributed by atoms with E-state index in [1.807, 2.05) is 44.2 Å². The van der Waals surface area contributed by atoms with Crippen LogP contribution < -0.4 is 15.0 Å². The van der Waals surface area contributed by atoms with E-state index in [1.165, 1.54) is 6.92 Å². The number of anilines is 2. The molecule has 0 saturated carbocycles. The monoisotopic (exact) mass is 468 g/mol. The fraction of sp³-hybridized carbons (Fsp3) is 0.500. The number of aromatic nitrogens is 1. The molecule has 1 aromatic heterocycles. The highest BCUT2D eigenvalue weighted by Crippen LogP contribution is 2.37. The third-order valence-electron chi connectivity index (χ3n) is 6.44. The Bertz CT molecular complexity index is 1020. The number of aromatic hydroxyl groups is 2. The van der Waals surface area contributed by atoms with E-state index in [2.05, 4.69) is 15.1 Å². The lowest BCUT2D eigenvalue weighted by Gasteiger charge is -2.37. The number of rotatable bonds is 8. The van der Waals surface area contributed by atoms with Crippen LogP contribution in [-0.4, -0.2) is 64.4 Å². The van der Waals surface area contributed by atoms with Crippen molar-refractivity contribution in [1.29, 1.82) is 0 Å². The van der Waals surface area contributed by atoms with Gasteiger partial charge in [-0.15, -0.1) is 0 Å². The average Bonchev–Trinajstić information content (AvgIpc) is 3.04. The molecule has 0 unspecified atom stereocenters.